The highest BCUT2D eigenvalue weighted by molar-refractivity contribution is 6.47. The van der Waals surface area contributed by atoms with E-state index in [1.165, 1.54) is 13.8 Å². The molecule has 0 bridgehead atoms. The lowest BCUT2D eigenvalue weighted by atomic mass is 10.3. The highest BCUT2D eigenvalue weighted by Crippen LogP contribution is 1.81. The van der Waals surface area contributed by atoms with Gasteiger partial charge in [-0.25, -0.2) is 4.99 Å². The number of aliphatic imine (C=N–C) groups is 1. The second kappa shape index (κ2) is 3.51. The standard InChI is InChI=1S/C6H8N4/c1-4(6(9)3-7)10-5(2)8/h8-9H,1-2H3/b8-5?,9-6?,10-4-. The van der Waals surface area contributed by atoms with Crippen molar-refractivity contribution < 1.29 is 0 Å². The molecule has 0 amide bonds. The van der Waals surface area contributed by atoms with Gasteiger partial charge in [0.05, 0.1) is 5.71 Å². The number of nitriles is 1. The van der Waals surface area contributed by atoms with Gasteiger partial charge in [-0.15, -0.1) is 0 Å². The lowest BCUT2D eigenvalue weighted by Gasteiger charge is -1.90. The van der Waals surface area contributed by atoms with Crippen molar-refractivity contribution in [2.45, 2.75) is 13.8 Å². The van der Waals surface area contributed by atoms with Crippen LogP contribution < -0.4 is 0 Å². The van der Waals surface area contributed by atoms with E-state index in [1.54, 1.807) is 6.07 Å². The van der Waals surface area contributed by atoms with E-state index in [0.717, 1.165) is 0 Å². The maximum absolute atomic E-state index is 8.19. The Morgan fingerprint density at radius 1 is 1.40 bits per heavy atom. The van der Waals surface area contributed by atoms with Crippen LogP contribution in [-0.4, -0.2) is 17.3 Å². The smallest absolute Gasteiger partial charge is 0.153 e. The largest absolute Gasteiger partial charge is 0.289 e. The molecule has 0 aliphatic carbocycles. The van der Waals surface area contributed by atoms with Crippen LogP contribution in [0.4, 0.5) is 0 Å². The third-order valence-electron chi connectivity index (χ3n) is 0.809. The van der Waals surface area contributed by atoms with Crippen LogP contribution in [-0.2, 0) is 0 Å². The van der Waals surface area contributed by atoms with Gasteiger partial charge in [-0.05, 0) is 13.8 Å². The molecule has 0 fully saturated rings. The predicted octanol–water partition coefficient (Wildman–Crippen LogP) is 0.988. The van der Waals surface area contributed by atoms with E-state index in [2.05, 4.69) is 4.99 Å². The molecule has 0 unspecified atom stereocenters. The Balaban J connectivity index is 4.38. The van der Waals surface area contributed by atoms with E-state index in [1.807, 2.05) is 0 Å². The van der Waals surface area contributed by atoms with Gasteiger partial charge in [0, 0.05) is 0 Å². The molecule has 2 N–H and O–H groups in total. The van der Waals surface area contributed by atoms with Gasteiger partial charge < -0.3 is 0 Å². The van der Waals surface area contributed by atoms with Gasteiger partial charge in [0.1, 0.15) is 11.9 Å². The number of rotatable bonds is 1. The summed E-state index contributed by atoms with van der Waals surface area (Å²) in [6.07, 6.45) is 0. The number of hydrogen-bond acceptors (Lipinski definition) is 3. The molecule has 0 aliphatic heterocycles. The first-order valence-electron chi connectivity index (χ1n) is 2.67. The highest BCUT2D eigenvalue weighted by Gasteiger charge is 1.97. The van der Waals surface area contributed by atoms with Gasteiger partial charge in [0.2, 0.25) is 0 Å². The molecule has 0 spiro atoms. The lowest BCUT2D eigenvalue weighted by molar-refractivity contribution is 1.40. The Hall–Kier alpha value is -1.50. The minimum absolute atomic E-state index is 0.109. The summed E-state index contributed by atoms with van der Waals surface area (Å²) in [7, 11) is 0. The minimum atomic E-state index is -0.188. The first kappa shape index (κ1) is 8.50. The van der Waals surface area contributed by atoms with E-state index in [-0.39, 0.29) is 17.3 Å². The molecule has 0 heterocycles. The van der Waals surface area contributed by atoms with Crippen LogP contribution in [0.3, 0.4) is 0 Å². The van der Waals surface area contributed by atoms with Gasteiger partial charge in [-0.3, -0.25) is 10.8 Å². The summed E-state index contributed by atoms with van der Waals surface area (Å²) >= 11 is 0. The number of hydrogen-bond donors (Lipinski definition) is 2. The maximum atomic E-state index is 8.19. The molecule has 0 saturated heterocycles. The third kappa shape index (κ3) is 2.72. The van der Waals surface area contributed by atoms with Crippen molar-refractivity contribution in [1.82, 2.24) is 0 Å². The Labute approximate surface area is 59.2 Å². The molecular formula is C6H8N4. The van der Waals surface area contributed by atoms with E-state index in [0.29, 0.717) is 0 Å². The lowest BCUT2D eigenvalue weighted by Crippen LogP contribution is -2.07. The molecule has 4 nitrogen and oxygen atoms in total. The van der Waals surface area contributed by atoms with Gasteiger partial charge >= 0.3 is 0 Å². The van der Waals surface area contributed by atoms with Crippen LogP contribution in [0.25, 0.3) is 0 Å². The molecule has 0 aromatic rings. The Kier molecular flexibility index (Phi) is 2.98. The summed E-state index contributed by atoms with van der Waals surface area (Å²) in [6, 6.07) is 1.63. The van der Waals surface area contributed by atoms with Crippen molar-refractivity contribution in [2.75, 3.05) is 0 Å². The minimum Gasteiger partial charge on any atom is -0.289 e. The van der Waals surface area contributed by atoms with E-state index < -0.39 is 0 Å². The topological polar surface area (TPSA) is 83.8 Å². The summed E-state index contributed by atoms with van der Waals surface area (Å²) in [5.74, 6) is 0.109. The van der Waals surface area contributed by atoms with Crippen LogP contribution in [0.15, 0.2) is 4.99 Å². The quantitative estimate of drug-likeness (QED) is 0.408. The average Bonchev–Trinajstić information content (AvgIpc) is 1.85. The van der Waals surface area contributed by atoms with Crippen molar-refractivity contribution in [3.63, 3.8) is 0 Å². The zero-order valence-corrected chi connectivity index (χ0v) is 5.89. The molecule has 52 valence electrons. The van der Waals surface area contributed by atoms with E-state index in [9.17, 15) is 0 Å². The first-order valence-corrected chi connectivity index (χ1v) is 2.67. The monoisotopic (exact) mass is 136 g/mol. The van der Waals surface area contributed by atoms with E-state index in [4.69, 9.17) is 16.1 Å². The van der Waals surface area contributed by atoms with Crippen molar-refractivity contribution in [3.8, 4) is 6.07 Å². The summed E-state index contributed by atoms with van der Waals surface area (Å²) in [6.45, 7) is 3.03. The summed E-state index contributed by atoms with van der Waals surface area (Å²) in [5.41, 5.74) is 0.0987. The van der Waals surface area contributed by atoms with Crippen LogP contribution in [0.5, 0.6) is 0 Å². The maximum Gasteiger partial charge on any atom is 0.153 e. The fourth-order valence-corrected chi connectivity index (χ4v) is 0.388. The highest BCUT2D eigenvalue weighted by atomic mass is 14.8. The number of amidine groups is 1. The second-order valence-corrected chi connectivity index (χ2v) is 1.77. The van der Waals surface area contributed by atoms with Crippen molar-refractivity contribution in [1.29, 1.82) is 16.1 Å². The second-order valence-electron chi connectivity index (χ2n) is 1.77. The van der Waals surface area contributed by atoms with E-state index >= 15 is 0 Å². The predicted molar refractivity (Wildman–Crippen MR) is 39.8 cm³/mol. The Morgan fingerprint density at radius 2 is 1.90 bits per heavy atom. The summed E-state index contributed by atoms with van der Waals surface area (Å²) in [4.78, 5) is 3.60. The zero-order chi connectivity index (χ0) is 8.15. The van der Waals surface area contributed by atoms with Crippen LogP contribution in [0.2, 0.25) is 0 Å². The number of nitrogens with one attached hydrogen (secondary N) is 2. The molecule has 0 atom stereocenters. The average molecular weight is 136 g/mol. The SMILES string of the molecule is CC(=N)/N=C(/C)C(=N)C#N. The van der Waals surface area contributed by atoms with Crippen LogP contribution in [0, 0.1) is 22.1 Å². The molecule has 0 saturated carbocycles. The van der Waals surface area contributed by atoms with Gasteiger partial charge in [-0.1, -0.05) is 0 Å². The normalized spacial score (nSPS) is 10.3. The molecule has 4 heteroatoms. The van der Waals surface area contributed by atoms with Gasteiger partial charge in [0.15, 0.2) is 5.71 Å². The van der Waals surface area contributed by atoms with Crippen molar-refractivity contribution in [2.24, 2.45) is 4.99 Å². The molecule has 0 rings (SSSR count). The number of nitrogens with zero attached hydrogens (tertiary/aromatic N) is 2. The van der Waals surface area contributed by atoms with Gasteiger partial charge in [-0.2, -0.15) is 5.26 Å². The van der Waals surface area contributed by atoms with Crippen LogP contribution >= 0.6 is 0 Å². The van der Waals surface area contributed by atoms with Crippen molar-refractivity contribution >= 4 is 17.3 Å². The fraction of sp³-hybridized carbons (Fsp3) is 0.333. The molecular weight excluding hydrogens is 128 g/mol. The molecule has 0 aliphatic rings. The molecule has 0 radical (unpaired) electrons. The Bertz CT molecular complexity index is 231. The fourth-order valence-electron chi connectivity index (χ4n) is 0.388. The Morgan fingerprint density at radius 3 is 2.20 bits per heavy atom. The van der Waals surface area contributed by atoms with Crippen molar-refractivity contribution in [3.05, 3.63) is 0 Å². The third-order valence-corrected chi connectivity index (χ3v) is 0.809. The zero-order valence-electron chi connectivity index (χ0n) is 5.89. The molecule has 0 aromatic heterocycles. The first-order chi connectivity index (χ1) is 4.57. The van der Waals surface area contributed by atoms with Gasteiger partial charge in [0.25, 0.3) is 0 Å². The summed E-state index contributed by atoms with van der Waals surface area (Å²) in [5, 5.41) is 22.0. The molecule has 0 aromatic carbocycles. The summed E-state index contributed by atoms with van der Waals surface area (Å²) < 4.78 is 0. The van der Waals surface area contributed by atoms with Crippen LogP contribution in [0.1, 0.15) is 13.8 Å². The molecule has 10 heavy (non-hydrogen) atoms.